The molecule has 33 heavy (non-hydrogen) atoms. The number of benzene rings is 1. The molecule has 0 radical (unpaired) electrons. The van der Waals surface area contributed by atoms with Gasteiger partial charge in [0.15, 0.2) is 0 Å². The molecule has 1 aliphatic carbocycles. The highest BCUT2D eigenvalue weighted by molar-refractivity contribution is 7.15. The van der Waals surface area contributed by atoms with Gasteiger partial charge in [0, 0.05) is 28.0 Å². The largest absolute Gasteiger partial charge is 0.497 e. The smallest absolute Gasteiger partial charge is 0.266 e. The summed E-state index contributed by atoms with van der Waals surface area (Å²) in [7, 11) is 1.55. The van der Waals surface area contributed by atoms with Crippen LogP contribution in [0, 0.1) is 36.5 Å². The number of rotatable bonds is 5. The van der Waals surface area contributed by atoms with E-state index in [2.05, 4.69) is 16.0 Å². The van der Waals surface area contributed by atoms with Crippen molar-refractivity contribution in [2.24, 2.45) is 0 Å². The minimum atomic E-state index is -0.486. The molecule has 0 atom stereocenters. The Hall–Kier alpha value is -3.81. The van der Waals surface area contributed by atoms with Gasteiger partial charge in [-0.05, 0) is 74.9 Å². The quantitative estimate of drug-likeness (QED) is 0.408. The molecule has 1 aliphatic rings. The molecule has 1 aromatic carbocycles. The average molecular weight is 457 g/mol. The van der Waals surface area contributed by atoms with Crippen LogP contribution in [0.15, 0.2) is 35.9 Å². The predicted molar refractivity (Wildman–Crippen MR) is 130 cm³/mol. The Bertz CT molecular complexity index is 1350. The Kier molecular flexibility index (Phi) is 6.35. The van der Waals surface area contributed by atoms with E-state index in [1.807, 2.05) is 26.0 Å². The van der Waals surface area contributed by atoms with Crippen LogP contribution in [0.5, 0.6) is 5.75 Å². The number of aryl methyl sites for hydroxylation is 2. The van der Waals surface area contributed by atoms with Gasteiger partial charge in [0.2, 0.25) is 0 Å². The van der Waals surface area contributed by atoms with Crippen LogP contribution in [0.1, 0.15) is 45.8 Å². The van der Waals surface area contributed by atoms with Gasteiger partial charge in [-0.3, -0.25) is 4.79 Å². The Morgan fingerprint density at radius 2 is 2.00 bits per heavy atom. The topological polar surface area (TPSA) is 90.8 Å². The van der Waals surface area contributed by atoms with Gasteiger partial charge in [-0.15, -0.1) is 11.3 Å². The molecule has 0 bridgehead atoms. The highest BCUT2D eigenvalue weighted by Gasteiger charge is 2.24. The van der Waals surface area contributed by atoms with Crippen molar-refractivity contribution in [2.75, 3.05) is 12.4 Å². The van der Waals surface area contributed by atoms with Gasteiger partial charge in [-0.25, -0.2) is 0 Å². The van der Waals surface area contributed by atoms with Crippen LogP contribution >= 0.6 is 11.3 Å². The summed E-state index contributed by atoms with van der Waals surface area (Å²) in [6, 6.07) is 13.4. The van der Waals surface area contributed by atoms with E-state index in [9.17, 15) is 15.3 Å². The molecule has 6 nitrogen and oxygen atoms in total. The number of hydrogen-bond acceptors (Lipinski definition) is 5. The average Bonchev–Trinajstić information content (AvgIpc) is 3.32. The fourth-order valence-electron chi connectivity index (χ4n) is 4.27. The SMILES string of the molecule is COc1cccc(NC(=O)C(C#N)=Cc2cc(C)n(-c3sc4c(c3C#N)CCCC4)c2C)c1. The molecule has 0 aliphatic heterocycles. The van der Waals surface area contributed by atoms with E-state index in [1.54, 1.807) is 48.8 Å². The summed E-state index contributed by atoms with van der Waals surface area (Å²) in [5.41, 5.74) is 5.12. The molecule has 3 aromatic rings. The zero-order chi connectivity index (χ0) is 23.5. The number of anilines is 1. The first-order valence-corrected chi connectivity index (χ1v) is 11.6. The van der Waals surface area contributed by atoms with E-state index < -0.39 is 5.91 Å². The zero-order valence-corrected chi connectivity index (χ0v) is 19.7. The molecule has 0 spiro atoms. The second-order valence-electron chi connectivity index (χ2n) is 8.02. The van der Waals surface area contributed by atoms with Gasteiger partial charge in [0.1, 0.15) is 28.5 Å². The summed E-state index contributed by atoms with van der Waals surface area (Å²) in [5.74, 6) is 0.130. The van der Waals surface area contributed by atoms with Crippen LogP contribution in [0.2, 0.25) is 0 Å². The summed E-state index contributed by atoms with van der Waals surface area (Å²) in [5, 5.41) is 23.2. The van der Waals surface area contributed by atoms with Gasteiger partial charge in [0.05, 0.1) is 12.7 Å². The third-order valence-corrected chi connectivity index (χ3v) is 7.21. The number of amides is 1. The lowest BCUT2D eigenvalue weighted by atomic mass is 9.96. The molecule has 0 saturated heterocycles. The van der Waals surface area contributed by atoms with Gasteiger partial charge in [-0.2, -0.15) is 10.5 Å². The number of ether oxygens (including phenoxy) is 1. The van der Waals surface area contributed by atoms with Gasteiger partial charge in [-0.1, -0.05) is 6.07 Å². The first-order valence-electron chi connectivity index (χ1n) is 10.8. The normalized spacial score (nSPS) is 13.1. The Labute approximate surface area is 197 Å². The molecule has 4 rings (SSSR count). The van der Waals surface area contributed by atoms with Crippen molar-refractivity contribution in [3.63, 3.8) is 0 Å². The first-order chi connectivity index (χ1) is 16.0. The number of aromatic nitrogens is 1. The molecule has 7 heteroatoms. The third-order valence-electron chi connectivity index (χ3n) is 5.93. The van der Waals surface area contributed by atoms with Crippen LogP contribution in [-0.4, -0.2) is 17.6 Å². The second kappa shape index (κ2) is 9.36. The molecule has 0 unspecified atom stereocenters. The molecule has 1 amide bonds. The van der Waals surface area contributed by atoms with Crippen molar-refractivity contribution < 1.29 is 9.53 Å². The monoisotopic (exact) mass is 456 g/mol. The highest BCUT2D eigenvalue weighted by Crippen LogP contribution is 2.38. The van der Waals surface area contributed by atoms with Crippen molar-refractivity contribution in [3.05, 3.63) is 68.9 Å². The van der Waals surface area contributed by atoms with Crippen LogP contribution in [-0.2, 0) is 17.6 Å². The third kappa shape index (κ3) is 4.28. The van der Waals surface area contributed by atoms with E-state index in [0.717, 1.165) is 53.2 Å². The number of nitrogens with zero attached hydrogens (tertiary/aromatic N) is 3. The maximum absolute atomic E-state index is 12.8. The van der Waals surface area contributed by atoms with Gasteiger partial charge >= 0.3 is 0 Å². The summed E-state index contributed by atoms with van der Waals surface area (Å²) >= 11 is 1.68. The summed E-state index contributed by atoms with van der Waals surface area (Å²) in [6.45, 7) is 3.93. The van der Waals surface area contributed by atoms with Crippen LogP contribution in [0.4, 0.5) is 5.69 Å². The Morgan fingerprint density at radius 3 is 2.73 bits per heavy atom. The van der Waals surface area contributed by atoms with Crippen molar-refractivity contribution in [1.29, 1.82) is 10.5 Å². The molecule has 2 aromatic heterocycles. The maximum Gasteiger partial charge on any atom is 0.266 e. The molecule has 0 saturated carbocycles. The van der Waals surface area contributed by atoms with Crippen molar-refractivity contribution in [2.45, 2.75) is 39.5 Å². The van der Waals surface area contributed by atoms with E-state index in [0.29, 0.717) is 11.4 Å². The van der Waals surface area contributed by atoms with Crippen molar-refractivity contribution >= 4 is 29.0 Å². The number of nitriles is 2. The van der Waals surface area contributed by atoms with Crippen LogP contribution in [0.3, 0.4) is 0 Å². The minimum Gasteiger partial charge on any atom is -0.497 e. The Balaban J connectivity index is 1.69. The van der Waals surface area contributed by atoms with E-state index in [1.165, 1.54) is 10.4 Å². The number of fused-ring (bicyclic) bond motifs is 1. The summed E-state index contributed by atoms with van der Waals surface area (Å²) in [4.78, 5) is 14.1. The lowest BCUT2D eigenvalue weighted by Gasteiger charge is -2.10. The predicted octanol–water partition coefficient (Wildman–Crippen LogP) is 5.46. The van der Waals surface area contributed by atoms with E-state index in [-0.39, 0.29) is 5.57 Å². The van der Waals surface area contributed by atoms with Crippen LogP contribution in [0.25, 0.3) is 11.1 Å². The molecule has 1 N–H and O–H groups in total. The number of thiophene rings is 1. The van der Waals surface area contributed by atoms with Gasteiger partial charge < -0.3 is 14.6 Å². The maximum atomic E-state index is 12.8. The number of carbonyl (C=O) groups is 1. The van der Waals surface area contributed by atoms with Crippen molar-refractivity contribution in [1.82, 2.24) is 4.57 Å². The first kappa shape index (κ1) is 22.4. The lowest BCUT2D eigenvalue weighted by Crippen LogP contribution is -2.13. The molecular formula is C26H24N4O2S. The molecule has 0 fully saturated rings. The molecular weight excluding hydrogens is 432 g/mol. The van der Waals surface area contributed by atoms with Crippen molar-refractivity contribution in [3.8, 4) is 22.9 Å². The summed E-state index contributed by atoms with van der Waals surface area (Å²) in [6.07, 6.45) is 5.84. The highest BCUT2D eigenvalue weighted by atomic mass is 32.1. The molecule has 166 valence electrons. The molecule has 2 heterocycles. The van der Waals surface area contributed by atoms with E-state index in [4.69, 9.17) is 4.74 Å². The fourth-order valence-corrected chi connectivity index (χ4v) is 5.72. The standard InChI is InChI=1S/C26H24N4O2S/c1-16-11-18(12-19(14-27)25(31)29-20-7-6-8-21(13-20)32-3)17(2)30(16)26-23(15-28)22-9-4-5-10-24(22)33-26/h6-8,11-13H,4-5,9-10H2,1-3H3,(H,29,31). The lowest BCUT2D eigenvalue weighted by molar-refractivity contribution is -0.112. The fraction of sp³-hybridized carbons (Fsp3) is 0.269. The number of hydrogen-bond donors (Lipinski definition) is 1. The van der Waals surface area contributed by atoms with Crippen LogP contribution < -0.4 is 10.1 Å². The van der Waals surface area contributed by atoms with Gasteiger partial charge in [0.25, 0.3) is 5.91 Å². The zero-order valence-electron chi connectivity index (χ0n) is 18.9. The number of carbonyl (C=O) groups excluding carboxylic acids is 1. The number of nitrogens with one attached hydrogen (secondary N) is 1. The number of methoxy groups -OCH3 is 1. The second-order valence-corrected chi connectivity index (χ2v) is 9.10. The summed E-state index contributed by atoms with van der Waals surface area (Å²) < 4.78 is 7.26. The minimum absolute atomic E-state index is 0.00375. The van der Waals surface area contributed by atoms with E-state index >= 15 is 0 Å². The Morgan fingerprint density at radius 1 is 1.21 bits per heavy atom.